The highest BCUT2D eigenvalue weighted by molar-refractivity contribution is 14.2. The lowest BCUT2D eigenvalue weighted by Gasteiger charge is -2.25. The van der Waals surface area contributed by atoms with Gasteiger partial charge in [-0.15, -0.1) is 0 Å². The molecule has 0 unspecified atom stereocenters. The van der Waals surface area contributed by atoms with Gasteiger partial charge in [0.1, 0.15) is 0 Å². The first-order valence-electron chi connectivity index (χ1n) is 3.88. The van der Waals surface area contributed by atoms with Crippen LogP contribution < -0.4 is 0 Å². The zero-order valence-corrected chi connectivity index (χ0v) is 8.84. The van der Waals surface area contributed by atoms with E-state index in [9.17, 15) is 0 Å². The summed E-state index contributed by atoms with van der Waals surface area (Å²) >= 11 is 0.272. The van der Waals surface area contributed by atoms with Crippen LogP contribution in [0.25, 0.3) is 0 Å². The number of rotatable bonds is 0. The summed E-state index contributed by atoms with van der Waals surface area (Å²) < 4.78 is 4.83. The molecule has 0 atom stereocenters. The van der Waals surface area contributed by atoms with E-state index in [1.54, 1.807) is 11.1 Å². The molecule has 0 spiro atoms. The van der Waals surface area contributed by atoms with Crippen molar-refractivity contribution in [1.82, 2.24) is 4.90 Å². The van der Waals surface area contributed by atoms with E-state index in [4.69, 9.17) is 0 Å². The van der Waals surface area contributed by atoms with Crippen LogP contribution in [0.3, 0.4) is 0 Å². The third kappa shape index (κ3) is 1.62. The Labute approximate surface area is 77.5 Å². The highest BCUT2D eigenvalue weighted by atomic mass is 127. The fourth-order valence-corrected chi connectivity index (χ4v) is 3.45. The lowest BCUT2D eigenvalue weighted by Crippen LogP contribution is -2.27. The number of nitrogens with zero attached hydrogens (tertiary/aromatic N) is 1. The average Bonchev–Trinajstić information content (AvgIpc) is 2.04. The van der Waals surface area contributed by atoms with Crippen molar-refractivity contribution >= 4 is 24.7 Å². The van der Waals surface area contributed by atoms with E-state index in [-0.39, 0.29) is 20.7 Å². The molecule has 0 N–H and O–H groups in total. The van der Waals surface area contributed by atoms with Crippen molar-refractivity contribution in [3.05, 3.63) is 21.3 Å². The maximum atomic E-state index is 2.47. The van der Waals surface area contributed by atoms with Crippen molar-refractivity contribution in [1.29, 1.82) is 0 Å². The van der Waals surface area contributed by atoms with Crippen molar-refractivity contribution in [3.8, 4) is 0 Å². The molecule has 11 heavy (non-hydrogen) atoms. The summed E-state index contributed by atoms with van der Waals surface area (Å²) in [5, 5.41) is 0. The van der Waals surface area contributed by atoms with Crippen LogP contribution in [0.2, 0.25) is 0 Å². The van der Waals surface area contributed by atoms with Gasteiger partial charge < -0.3 is 4.90 Å². The van der Waals surface area contributed by atoms with Gasteiger partial charge in [-0.3, -0.25) is 0 Å². The summed E-state index contributed by atoms with van der Waals surface area (Å²) in [5.74, 6) is 0. The van der Waals surface area contributed by atoms with Gasteiger partial charge in [-0.05, 0) is 32.7 Å². The van der Waals surface area contributed by atoms with E-state index in [0.717, 1.165) is 6.54 Å². The minimum absolute atomic E-state index is 0.272. The largest absolute Gasteiger partial charge is 0.302 e. The molecule has 1 nitrogen and oxygen atoms in total. The summed E-state index contributed by atoms with van der Waals surface area (Å²) in [4.78, 5) is 2.39. The minimum Gasteiger partial charge on any atom is -0.302 e. The predicted octanol–water partition coefficient (Wildman–Crippen LogP) is 1.92. The van der Waals surface area contributed by atoms with Crippen molar-refractivity contribution in [2.75, 3.05) is 20.1 Å². The monoisotopic (exact) mass is 261 g/mol. The highest BCUT2D eigenvalue weighted by Crippen LogP contribution is 2.23. The molecule has 2 heteroatoms. The Morgan fingerprint density at radius 3 is 3.27 bits per heavy atom. The lowest BCUT2D eigenvalue weighted by atomic mass is 10.0. The van der Waals surface area contributed by atoms with Crippen LogP contribution in [0.4, 0.5) is 0 Å². The van der Waals surface area contributed by atoms with Crippen LogP contribution in [0.15, 0.2) is 21.3 Å². The van der Waals surface area contributed by atoms with E-state index in [0.29, 0.717) is 0 Å². The molecule has 2 heterocycles. The molecular formula is C9H12IN. The molecule has 0 bridgehead atoms. The molecule has 0 aromatic carbocycles. The average molecular weight is 261 g/mol. The normalized spacial score (nSPS) is 24.8. The third-order valence-electron chi connectivity index (χ3n) is 2.15. The maximum absolute atomic E-state index is 2.47. The molecule has 2 aliphatic rings. The molecule has 2 rings (SSSR count). The van der Waals surface area contributed by atoms with Crippen LogP contribution in [-0.2, 0) is 0 Å². The first-order chi connectivity index (χ1) is 5.36. The number of likely N-dealkylation sites (N-methyl/N-ethyl adjacent to an activating group) is 1. The van der Waals surface area contributed by atoms with Gasteiger partial charge in [0.05, 0.1) is 0 Å². The maximum Gasteiger partial charge on any atom is 0.0233 e. The van der Waals surface area contributed by atoms with E-state index in [2.05, 4.69) is 26.1 Å². The van der Waals surface area contributed by atoms with E-state index in [1.807, 2.05) is 0 Å². The molecule has 0 amide bonds. The van der Waals surface area contributed by atoms with E-state index >= 15 is 0 Å². The quantitative estimate of drug-likeness (QED) is 0.602. The Morgan fingerprint density at radius 1 is 1.45 bits per heavy atom. The van der Waals surface area contributed by atoms with Gasteiger partial charge in [0.15, 0.2) is 0 Å². The summed E-state index contributed by atoms with van der Waals surface area (Å²) in [7, 11) is 2.20. The molecule has 0 aliphatic carbocycles. The van der Waals surface area contributed by atoms with Crippen LogP contribution in [0, 0.1) is 0 Å². The number of halogens is 1. The Balaban J connectivity index is 2.28. The molecule has 0 saturated heterocycles. The van der Waals surface area contributed by atoms with Crippen LogP contribution in [0.5, 0.6) is 0 Å². The minimum atomic E-state index is 0.272. The number of hydrogen-bond acceptors (Lipinski definition) is 1. The highest BCUT2D eigenvalue weighted by Gasteiger charge is 2.13. The van der Waals surface area contributed by atoms with Crippen LogP contribution in [-0.4, -0.2) is 29.0 Å². The summed E-state index contributed by atoms with van der Waals surface area (Å²) in [6.07, 6.45) is 3.61. The molecule has 0 saturated carbocycles. The lowest BCUT2D eigenvalue weighted by molar-refractivity contribution is 0.355. The fourth-order valence-electron chi connectivity index (χ4n) is 1.45. The van der Waals surface area contributed by atoms with Gasteiger partial charge in [-0.1, -0.05) is 26.8 Å². The van der Waals surface area contributed by atoms with Gasteiger partial charge in [-0.2, -0.15) is 0 Å². The molecular weight excluding hydrogens is 249 g/mol. The molecule has 0 radical (unpaired) electrons. The van der Waals surface area contributed by atoms with Crippen LogP contribution in [0.1, 0.15) is 6.42 Å². The Morgan fingerprint density at radius 2 is 2.36 bits per heavy atom. The third-order valence-corrected chi connectivity index (χ3v) is 4.03. The summed E-state index contributed by atoms with van der Waals surface area (Å²) in [6.45, 7) is 2.40. The van der Waals surface area contributed by atoms with Gasteiger partial charge >= 0.3 is 0 Å². The zero-order chi connectivity index (χ0) is 7.68. The van der Waals surface area contributed by atoms with Gasteiger partial charge in [0, 0.05) is 13.1 Å². The van der Waals surface area contributed by atoms with Gasteiger partial charge in [-0.25, -0.2) is 0 Å². The molecule has 2 aliphatic heterocycles. The molecule has 0 aromatic rings. The standard InChI is InChI=1S/C9H12IN/c1-11-5-3-8-6-10-4-2-9(8)7-11/h2,4,6H,3,5,7H2,1H3. The van der Waals surface area contributed by atoms with E-state index in [1.165, 1.54) is 13.0 Å². The SMILES string of the molecule is CN1CCC2=C(C=CI=C2)C1. The van der Waals surface area contributed by atoms with Crippen molar-refractivity contribution in [2.24, 2.45) is 0 Å². The van der Waals surface area contributed by atoms with Crippen molar-refractivity contribution in [3.63, 3.8) is 0 Å². The first-order valence-corrected chi connectivity index (χ1v) is 6.38. The summed E-state index contributed by atoms with van der Waals surface area (Å²) in [6, 6.07) is 0. The van der Waals surface area contributed by atoms with Crippen molar-refractivity contribution < 1.29 is 0 Å². The first kappa shape index (κ1) is 7.68. The second-order valence-corrected chi connectivity index (χ2v) is 5.13. The smallest absolute Gasteiger partial charge is 0.0233 e. The second kappa shape index (κ2) is 3.19. The summed E-state index contributed by atoms with van der Waals surface area (Å²) in [5.41, 5.74) is 3.20. The molecule has 0 fully saturated rings. The Kier molecular flexibility index (Phi) is 2.23. The second-order valence-electron chi connectivity index (χ2n) is 3.07. The topological polar surface area (TPSA) is 3.24 Å². The van der Waals surface area contributed by atoms with Crippen LogP contribution >= 0.6 is 20.7 Å². The Bertz CT molecular complexity index is 250. The predicted molar refractivity (Wildman–Crippen MR) is 58.4 cm³/mol. The number of hydrogen-bond donors (Lipinski definition) is 0. The molecule has 0 aromatic heterocycles. The molecule has 60 valence electrons. The zero-order valence-electron chi connectivity index (χ0n) is 6.68. The van der Waals surface area contributed by atoms with Crippen molar-refractivity contribution in [2.45, 2.75) is 6.42 Å². The van der Waals surface area contributed by atoms with E-state index < -0.39 is 0 Å². The fraction of sp³-hybridized carbons (Fsp3) is 0.444. The van der Waals surface area contributed by atoms with Gasteiger partial charge in [0.25, 0.3) is 0 Å². The van der Waals surface area contributed by atoms with Gasteiger partial charge in [0.2, 0.25) is 0 Å². The Hall–Kier alpha value is 0.0400.